The largest absolute Gasteiger partial charge is 0.468 e. The molecular formula is C16H19NO7S. The molecule has 9 heteroatoms. The Morgan fingerprint density at radius 2 is 2.08 bits per heavy atom. The summed E-state index contributed by atoms with van der Waals surface area (Å²) in [5.74, 6) is -0.0313. The summed E-state index contributed by atoms with van der Waals surface area (Å²) in [6, 6.07) is 4.35. The Balaban J connectivity index is 1.87. The van der Waals surface area contributed by atoms with Crippen molar-refractivity contribution in [1.29, 1.82) is 0 Å². The molecule has 2 aromatic heterocycles. The molecule has 3 heterocycles. The van der Waals surface area contributed by atoms with E-state index in [0.29, 0.717) is 11.5 Å². The van der Waals surface area contributed by atoms with Gasteiger partial charge in [0.25, 0.3) is 0 Å². The second-order valence-corrected chi connectivity index (χ2v) is 8.10. The van der Waals surface area contributed by atoms with Gasteiger partial charge in [-0.2, -0.15) is 0 Å². The first-order valence-corrected chi connectivity index (χ1v) is 9.51. The summed E-state index contributed by atoms with van der Waals surface area (Å²) in [5, 5.41) is 10.2. The van der Waals surface area contributed by atoms with E-state index in [-0.39, 0.29) is 30.2 Å². The third kappa shape index (κ3) is 3.94. The quantitative estimate of drug-likeness (QED) is 0.745. The molecule has 0 aliphatic carbocycles. The molecule has 0 spiro atoms. The first-order chi connectivity index (χ1) is 11.9. The van der Waals surface area contributed by atoms with Crippen LogP contribution in [0.2, 0.25) is 0 Å². The monoisotopic (exact) mass is 369 g/mol. The number of hydrogen-bond acceptors (Lipinski definition) is 8. The predicted octanol–water partition coefficient (Wildman–Crippen LogP) is 0.819. The van der Waals surface area contributed by atoms with Gasteiger partial charge in [0.2, 0.25) is 0 Å². The number of aliphatic hydroxyl groups excluding tert-OH is 1. The first-order valence-electron chi connectivity index (χ1n) is 7.69. The highest BCUT2D eigenvalue weighted by molar-refractivity contribution is 7.91. The van der Waals surface area contributed by atoms with Gasteiger partial charge in [-0.1, -0.05) is 0 Å². The van der Waals surface area contributed by atoms with Crippen LogP contribution in [0.15, 0.2) is 39.6 Å². The van der Waals surface area contributed by atoms with Gasteiger partial charge in [0.15, 0.2) is 9.84 Å². The molecule has 2 atom stereocenters. The Kier molecular flexibility index (Phi) is 4.98. The average Bonchev–Trinajstić information content (AvgIpc) is 3.26. The van der Waals surface area contributed by atoms with Crippen LogP contribution in [0.4, 0.5) is 0 Å². The Morgan fingerprint density at radius 3 is 2.68 bits per heavy atom. The van der Waals surface area contributed by atoms with Crippen LogP contribution in [0, 0.1) is 0 Å². The standard InChI is InChI=1S/C16H19NO7S/c1-22-16(19)12-4-6-24-15(12)8-17(7-11-3-2-5-23-11)13-9-25(20,21)10-14(13)18/h2-6,13-14,18H,7-10H2,1H3/t13-,14-/m1/s1. The van der Waals surface area contributed by atoms with E-state index in [1.54, 1.807) is 17.0 Å². The number of furan rings is 2. The molecule has 1 aliphatic rings. The van der Waals surface area contributed by atoms with Gasteiger partial charge < -0.3 is 18.7 Å². The van der Waals surface area contributed by atoms with Crippen molar-refractivity contribution < 1.29 is 31.9 Å². The average molecular weight is 369 g/mol. The highest BCUT2D eigenvalue weighted by atomic mass is 32.2. The maximum Gasteiger partial charge on any atom is 0.341 e. The number of carbonyl (C=O) groups excluding carboxylic acids is 1. The Labute approximate surface area is 144 Å². The fraction of sp³-hybridized carbons (Fsp3) is 0.438. The summed E-state index contributed by atoms with van der Waals surface area (Å²) in [7, 11) is -2.05. The summed E-state index contributed by atoms with van der Waals surface area (Å²) in [4.78, 5) is 13.6. The van der Waals surface area contributed by atoms with E-state index in [2.05, 4.69) is 0 Å². The summed E-state index contributed by atoms with van der Waals surface area (Å²) >= 11 is 0. The lowest BCUT2D eigenvalue weighted by molar-refractivity contribution is 0.0570. The number of ether oxygens (including phenoxy) is 1. The molecule has 0 bridgehead atoms. The topological polar surface area (TPSA) is 110 Å². The third-order valence-corrected chi connectivity index (χ3v) is 5.90. The van der Waals surface area contributed by atoms with Crippen LogP contribution in [0.25, 0.3) is 0 Å². The van der Waals surface area contributed by atoms with Gasteiger partial charge in [0.1, 0.15) is 17.1 Å². The molecule has 1 aliphatic heterocycles. The minimum absolute atomic E-state index is 0.134. The van der Waals surface area contributed by atoms with Crippen LogP contribution in [0.1, 0.15) is 21.9 Å². The lowest BCUT2D eigenvalue weighted by Gasteiger charge is -2.28. The van der Waals surface area contributed by atoms with E-state index in [4.69, 9.17) is 13.6 Å². The molecule has 3 rings (SSSR count). The lowest BCUT2D eigenvalue weighted by Crippen LogP contribution is -2.42. The van der Waals surface area contributed by atoms with Crippen molar-refractivity contribution in [2.45, 2.75) is 25.2 Å². The number of esters is 1. The van der Waals surface area contributed by atoms with Crippen molar-refractivity contribution in [3.05, 3.63) is 47.8 Å². The molecule has 0 radical (unpaired) electrons. The first kappa shape index (κ1) is 17.7. The molecule has 0 unspecified atom stereocenters. The molecule has 136 valence electrons. The van der Waals surface area contributed by atoms with Crippen molar-refractivity contribution in [1.82, 2.24) is 4.90 Å². The van der Waals surface area contributed by atoms with Gasteiger partial charge >= 0.3 is 5.97 Å². The summed E-state index contributed by atoms with van der Waals surface area (Å²) in [6.07, 6.45) is 1.87. The second kappa shape index (κ2) is 7.03. The van der Waals surface area contributed by atoms with Crippen molar-refractivity contribution in [2.24, 2.45) is 0 Å². The van der Waals surface area contributed by atoms with E-state index < -0.39 is 28.0 Å². The van der Waals surface area contributed by atoms with Crippen LogP contribution in [-0.2, 0) is 27.7 Å². The van der Waals surface area contributed by atoms with Gasteiger partial charge in [-0.05, 0) is 18.2 Å². The number of rotatable bonds is 6. The van der Waals surface area contributed by atoms with Gasteiger partial charge in [0, 0.05) is 0 Å². The number of nitrogens with zero attached hydrogens (tertiary/aromatic N) is 1. The maximum atomic E-state index is 11.9. The SMILES string of the molecule is COC(=O)c1ccoc1CN(Cc1ccco1)[C@@H]1CS(=O)(=O)C[C@H]1O. The highest BCUT2D eigenvalue weighted by Gasteiger charge is 2.40. The predicted molar refractivity (Wildman–Crippen MR) is 86.5 cm³/mol. The van der Waals surface area contributed by atoms with Crippen molar-refractivity contribution in [3.63, 3.8) is 0 Å². The number of methoxy groups -OCH3 is 1. The van der Waals surface area contributed by atoms with Crippen molar-refractivity contribution in [3.8, 4) is 0 Å². The molecule has 0 amide bonds. The van der Waals surface area contributed by atoms with E-state index in [1.807, 2.05) is 0 Å². The molecule has 0 aromatic carbocycles. The second-order valence-electron chi connectivity index (χ2n) is 5.94. The van der Waals surface area contributed by atoms with Crippen LogP contribution < -0.4 is 0 Å². The zero-order chi connectivity index (χ0) is 18.0. The third-order valence-electron chi connectivity index (χ3n) is 4.20. The molecule has 1 fully saturated rings. The zero-order valence-corrected chi connectivity index (χ0v) is 14.4. The van der Waals surface area contributed by atoms with E-state index >= 15 is 0 Å². The zero-order valence-electron chi connectivity index (χ0n) is 13.6. The molecule has 1 saturated heterocycles. The molecular weight excluding hydrogens is 350 g/mol. The highest BCUT2D eigenvalue weighted by Crippen LogP contribution is 2.24. The Bertz CT molecular complexity index is 825. The Morgan fingerprint density at radius 1 is 1.28 bits per heavy atom. The smallest absolute Gasteiger partial charge is 0.341 e. The fourth-order valence-electron chi connectivity index (χ4n) is 2.99. The van der Waals surface area contributed by atoms with E-state index in [1.165, 1.54) is 25.7 Å². The van der Waals surface area contributed by atoms with Crippen LogP contribution in [0.3, 0.4) is 0 Å². The number of carbonyl (C=O) groups is 1. The van der Waals surface area contributed by atoms with E-state index in [9.17, 15) is 18.3 Å². The van der Waals surface area contributed by atoms with E-state index in [0.717, 1.165) is 0 Å². The molecule has 25 heavy (non-hydrogen) atoms. The molecule has 8 nitrogen and oxygen atoms in total. The number of aliphatic hydroxyl groups is 1. The number of sulfone groups is 1. The minimum Gasteiger partial charge on any atom is -0.468 e. The maximum absolute atomic E-state index is 11.9. The summed E-state index contributed by atoms with van der Waals surface area (Å²) in [5.41, 5.74) is 0.266. The normalized spacial score (nSPS) is 22.4. The van der Waals surface area contributed by atoms with Gasteiger partial charge in [-0.3, -0.25) is 4.90 Å². The summed E-state index contributed by atoms with van der Waals surface area (Å²) in [6.45, 7) is 0.404. The minimum atomic E-state index is -3.32. The van der Waals surface area contributed by atoms with Crippen LogP contribution >= 0.6 is 0 Å². The molecule has 0 saturated carbocycles. The van der Waals surface area contributed by atoms with Crippen LogP contribution in [-0.4, -0.2) is 55.2 Å². The van der Waals surface area contributed by atoms with Crippen molar-refractivity contribution >= 4 is 15.8 Å². The van der Waals surface area contributed by atoms with Crippen LogP contribution in [0.5, 0.6) is 0 Å². The van der Waals surface area contributed by atoms with Crippen molar-refractivity contribution in [2.75, 3.05) is 18.6 Å². The van der Waals surface area contributed by atoms with Gasteiger partial charge in [-0.25, -0.2) is 13.2 Å². The van der Waals surface area contributed by atoms with Gasteiger partial charge in [0.05, 0.1) is 56.4 Å². The number of hydrogen-bond donors (Lipinski definition) is 1. The molecule has 1 N–H and O–H groups in total. The Hall–Kier alpha value is -2.10. The summed E-state index contributed by atoms with van der Waals surface area (Å²) < 4.78 is 39.2. The fourth-order valence-corrected chi connectivity index (χ4v) is 4.82. The van der Waals surface area contributed by atoms with Gasteiger partial charge in [-0.15, -0.1) is 0 Å². The lowest BCUT2D eigenvalue weighted by atomic mass is 10.1. The molecule has 2 aromatic rings.